The SMILES string of the molecule is CCC(C)(C)C1CCc2c(sc(NC(=O)C=Cc3ccc(OC)cc3)c2C(=O)OC)C1. The summed E-state index contributed by atoms with van der Waals surface area (Å²) in [6.45, 7) is 6.85. The van der Waals surface area contributed by atoms with Gasteiger partial charge in [0.1, 0.15) is 10.8 Å². The lowest BCUT2D eigenvalue weighted by Gasteiger charge is -2.36. The molecule has 0 fully saturated rings. The molecule has 0 spiro atoms. The molecule has 1 aromatic carbocycles. The van der Waals surface area contributed by atoms with Gasteiger partial charge in [0.25, 0.3) is 0 Å². The number of carbonyl (C=O) groups is 2. The van der Waals surface area contributed by atoms with Gasteiger partial charge >= 0.3 is 5.97 Å². The third-order valence-corrected chi connectivity index (χ3v) is 7.62. The van der Waals surface area contributed by atoms with E-state index in [1.807, 2.05) is 24.3 Å². The number of ether oxygens (including phenoxy) is 2. The molecule has 2 aromatic rings. The number of esters is 1. The summed E-state index contributed by atoms with van der Waals surface area (Å²) in [6, 6.07) is 7.44. The van der Waals surface area contributed by atoms with Crippen molar-refractivity contribution in [3.63, 3.8) is 0 Å². The van der Waals surface area contributed by atoms with Crippen LogP contribution in [0.4, 0.5) is 5.00 Å². The summed E-state index contributed by atoms with van der Waals surface area (Å²) < 4.78 is 10.2. The van der Waals surface area contributed by atoms with Crippen LogP contribution in [0.15, 0.2) is 30.3 Å². The number of hydrogen-bond donors (Lipinski definition) is 1. The molecule has 1 aromatic heterocycles. The number of methoxy groups -OCH3 is 2. The summed E-state index contributed by atoms with van der Waals surface area (Å²) in [6.07, 6.45) is 7.14. The first kappa shape index (κ1) is 23.1. The zero-order valence-electron chi connectivity index (χ0n) is 18.9. The number of nitrogens with one attached hydrogen (secondary N) is 1. The van der Waals surface area contributed by atoms with E-state index in [-0.39, 0.29) is 17.3 Å². The van der Waals surface area contributed by atoms with Crippen LogP contribution in [0.25, 0.3) is 6.08 Å². The first-order chi connectivity index (χ1) is 14.8. The largest absolute Gasteiger partial charge is 0.497 e. The lowest BCUT2D eigenvalue weighted by Crippen LogP contribution is -2.28. The van der Waals surface area contributed by atoms with Crippen molar-refractivity contribution in [2.45, 2.75) is 46.5 Å². The predicted octanol–water partition coefficient (Wildman–Crippen LogP) is 5.74. The number of fused-ring (bicyclic) bond motifs is 1. The van der Waals surface area contributed by atoms with Crippen LogP contribution in [0.1, 0.15) is 60.0 Å². The van der Waals surface area contributed by atoms with Gasteiger partial charge in [0, 0.05) is 11.0 Å². The maximum atomic E-state index is 12.6. The lowest BCUT2D eigenvalue weighted by atomic mass is 9.69. The number of rotatable bonds is 7. The fraction of sp³-hybridized carbons (Fsp3) is 0.440. The molecular formula is C25H31NO4S. The molecule has 1 amide bonds. The van der Waals surface area contributed by atoms with E-state index in [0.29, 0.717) is 16.5 Å². The number of benzene rings is 1. The summed E-state index contributed by atoms with van der Waals surface area (Å²) in [4.78, 5) is 26.3. The topological polar surface area (TPSA) is 64.6 Å². The predicted molar refractivity (Wildman–Crippen MR) is 126 cm³/mol. The van der Waals surface area contributed by atoms with Crippen LogP contribution in [0, 0.1) is 11.3 Å². The Kier molecular flexibility index (Phi) is 7.21. The molecule has 166 valence electrons. The smallest absolute Gasteiger partial charge is 0.341 e. The summed E-state index contributed by atoms with van der Waals surface area (Å²) in [5.74, 6) is 0.663. The Morgan fingerprint density at radius 1 is 1.23 bits per heavy atom. The van der Waals surface area contributed by atoms with Gasteiger partial charge in [0.15, 0.2) is 0 Å². The normalized spacial score (nSPS) is 16.1. The van der Waals surface area contributed by atoms with E-state index in [1.165, 1.54) is 29.4 Å². The maximum Gasteiger partial charge on any atom is 0.341 e. The van der Waals surface area contributed by atoms with E-state index in [2.05, 4.69) is 26.1 Å². The highest BCUT2D eigenvalue weighted by Crippen LogP contribution is 2.45. The second-order valence-electron chi connectivity index (χ2n) is 8.58. The minimum atomic E-state index is -0.389. The zero-order chi connectivity index (χ0) is 22.6. The van der Waals surface area contributed by atoms with Gasteiger partial charge in [-0.1, -0.05) is 39.3 Å². The van der Waals surface area contributed by atoms with Gasteiger partial charge in [-0.3, -0.25) is 4.79 Å². The first-order valence-corrected chi connectivity index (χ1v) is 11.5. The molecule has 1 aliphatic rings. The van der Waals surface area contributed by atoms with Gasteiger partial charge in [-0.15, -0.1) is 11.3 Å². The van der Waals surface area contributed by atoms with Crippen LogP contribution >= 0.6 is 11.3 Å². The van der Waals surface area contributed by atoms with E-state index >= 15 is 0 Å². The highest BCUT2D eigenvalue weighted by molar-refractivity contribution is 7.17. The molecule has 0 saturated carbocycles. The van der Waals surface area contributed by atoms with E-state index in [1.54, 1.807) is 13.2 Å². The van der Waals surface area contributed by atoms with Crippen molar-refractivity contribution in [2.24, 2.45) is 11.3 Å². The maximum absolute atomic E-state index is 12.6. The van der Waals surface area contributed by atoms with E-state index in [0.717, 1.165) is 42.6 Å². The van der Waals surface area contributed by atoms with Gasteiger partial charge in [0.2, 0.25) is 5.91 Å². The highest BCUT2D eigenvalue weighted by atomic mass is 32.1. The number of anilines is 1. The van der Waals surface area contributed by atoms with Crippen molar-refractivity contribution in [1.29, 1.82) is 0 Å². The Morgan fingerprint density at radius 2 is 1.94 bits per heavy atom. The van der Waals surface area contributed by atoms with Gasteiger partial charge in [0.05, 0.1) is 19.8 Å². The van der Waals surface area contributed by atoms with Crippen LogP contribution < -0.4 is 10.1 Å². The molecule has 3 rings (SSSR count). The van der Waals surface area contributed by atoms with Gasteiger partial charge < -0.3 is 14.8 Å². The summed E-state index contributed by atoms with van der Waals surface area (Å²) in [7, 11) is 3.00. The highest BCUT2D eigenvalue weighted by Gasteiger charge is 2.35. The lowest BCUT2D eigenvalue weighted by molar-refractivity contribution is -0.111. The monoisotopic (exact) mass is 441 g/mol. The third-order valence-electron chi connectivity index (χ3n) is 6.45. The second-order valence-corrected chi connectivity index (χ2v) is 9.68. The molecule has 1 aliphatic carbocycles. The van der Waals surface area contributed by atoms with Gasteiger partial charge in [-0.05, 0) is 59.9 Å². The minimum absolute atomic E-state index is 0.248. The Labute approximate surface area is 188 Å². The number of carbonyl (C=O) groups excluding carboxylic acids is 2. The van der Waals surface area contributed by atoms with Crippen molar-refractivity contribution >= 4 is 34.3 Å². The fourth-order valence-electron chi connectivity index (χ4n) is 3.99. The summed E-state index contributed by atoms with van der Waals surface area (Å²) in [5.41, 5.74) is 2.69. The number of amides is 1. The Morgan fingerprint density at radius 3 is 2.55 bits per heavy atom. The van der Waals surface area contributed by atoms with Crippen molar-refractivity contribution in [3.05, 3.63) is 51.9 Å². The molecule has 1 atom stereocenters. The number of hydrogen-bond acceptors (Lipinski definition) is 5. The van der Waals surface area contributed by atoms with Crippen molar-refractivity contribution < 1.29 is 19.1 Å². The van der Waals surface area contributed by atoms with E-state index in [4.69, 9.17) is 9.47 Å². The molecule has 0 radical (unpaired) electrons. The van der Waals surface area contributed by atoms with Gasteiger partial charge in [-0.25, -0.2) is 4.79 Å². The van der Waals surface area contributed by atoms with E-state index < -0.39 is 0 Å². The van der Waals surface area contributed by atoms with Crippen LogP contribution in [0.5, 0.6) is 5.75 Å². The van der Waals surface area contributed by atoms with E-state index in [9.17, 15) is 9.59 Å². The Bertz CT molecular complexity index is 972. The average molecular weight is 442 g/mol. The Hall–Kier alpha value is -2.60. The van der Waals surface area contributed by atoms with Crippen molar-refractivity contribution in [3.8, 4) is 5.75 Å². The van der Waals surface area contributed by atoms with Crippen LogP contribution in [0.2, 0.25) is 0 Å². The molecular weight excluding hydrogens is 410 g/mol. The average Bonchev–Trinajstić information content (AvgIpc) is 3.14. The standard InChI is InChI=1S/C25H31NO4S/c1-6-25(2,3)17-10-13-19-20(15-17)31-23(22(19)24(28)30-5)26-21(27)14-9-16-7-11-18(29-4)12-8-16/h7-9,11-12,14,17H,6,10,13,15H2,1-5H3,(H,26,27). The van der Waals surface area contributed by atoms with Crippen LogP contribution in [-0.4, -0.2) is 26.1 Å². The van der Waals surface area contributed by atoms with Crippen LogP contribution in [-0.2, 0) is 22.4 Å². The summed E-state index contributed by atoms with van der Waals surface area (Å²) >= 11 is 1.51. The van der Waals surface area contributed by atoms with Crippen molar-refractivity contribution in [1.82, 2.24) is 0 Å². The fourth-order valence-corrected chi connectivity index (χ4v) is 5.31. The molecule has 5 nitrogen and oxygen atoms in total. The molecule has 1 heterocycles. The minimum Gasteiger partial charge on any atom is -0.497 e. The summed E-state index contributed by atoms with van der Waals surface area (Å²) in [5, 5.41) is 3.49. The molecule has 31 heavy (non-hydrogen) atoms. The quantitative estimate of drug-likeness (QED) is 0.440. The van der Waals surface area contributed by atoms with Gasteiger partial charge in [-0.2, -0.15) is 0 Å². The number of thiophene rings is 1. The molecule has 0 aliphatic heterocycles. The molecule has 1 unspecified atom stereocenters. The zero-order valence-corrected chi connectivity index (χ0v) is 19.7. The molecule has 6 heteroatoms. The molecule has 0 bridgehead atoms. The molecule has 1 N–H and O–H groups in total. The first-order valence-electron chi connectivity index (χ1n) is 10.6. The Balaban J connectivity index is 1.81. The van der Waals surface area contributed by atoms with Crippen LogP contribution in [0.3, 0.4) is 0 Å². The third kappa shape index (κ3) is 5.18. The van der Waals surface area contributed by atoms with Crippen molar-refractivity contribution in [2.75, 3.05) is 19.5 Å². The second kappa shape index (κ2) is 9.69. The molecule has 0 saturated heterocycles.